The van der Waals surface area contributed by atoms with E-state index in [1.54, 1.807) is 13.0 Å². The average molecular weight is 326 g/mol. The van der Waals surface area contributed by atoms with Crippen molar-refractivity contribution in [2.24, 2.45) is 5.14 Å². The quantitative estimate of drug-likeness (QED) is 0.900. The van der Waals surface area contributed by atoms with E-state index in [1.807, 2.05) is 0 Å². The van der Waals surface area contributed by atoms with E-state index in [0.717, 1.165) is 0 Å². The highest BCUT2D eigenvalue weighted by Crippen LogP contribution is 2.23. The van der Waals surface area contributed by atoms with Crippen LogP contribution in [0.1, 0.15) is 15.9 Å². The molecule has 3 N–H and O–H groups in total. The Hall–Kier alpha value is -1.96. The fourth-order valence-electron chi connectivity index (χ4n) is 1.79. The van der Waals surface area contributed by atoms with Crippen LogP contribution in [0.4, 0.5) is 5.69 Å². The van der Waals surface area contributed by atoms with E-state index in [9.17, 15) is 13.2 Å². The van der Waals surface area contributed by atoms with E-state index in [-0.39, 0.29) is 15.5 Å². The summed E-state index contributed by atoms with van der Waals surface area (Å²) < 4.78 is 22.9. The van der Waals surface area contributed by atoms with Crippen LogP contribution in [0.25, 0.3) is 0 Å². The zero-order valence-electron chi connectivity index (χ0n) is 11.0. The molecule has 110 valence electrons. The van der Waals surface area contributed by atoms with Crippen molar-refractivity contribution in [2.45, 2.75) is 11.8 Å². The molecule has 0 aliphatic heterocycles. The smallest absolute Gasteiger partial charge is 0.258 e. The standard InChI is InChI=1S/C13H12ClN3O3S/c1-8-11(3-2-4-12(8)21(15,19)20)17-13(18)9-7-16-6-5-10(9)14/h2-7H,1H3,(H,17,18)(H2,15,19,20). The molecule has 0 spiro atoms. The molecule has 0 unspecified atom stereocenters. The fourth-order valence-corrected chi connectivity index (χ4v) is 2.79. The maximum absolute atomic E-state index is 12.1. The van der Waals surface area contributed by atoms with Crippen LogP contribution < -0.4 is 10.5 Å². The number of nitrogens with zero attached hydrogens (tertiary/aromatic N) is 1. The molecule has 0 radical (unpaired) electrons. The van der Waals surface area contributed by atoms with Gasteiger partial charge in [0.2, 0.25) is 10.0 Å². The average Bonchev–Trinajstić information content (AvgIpc) is 2.40. The molecule has 0 saturated heterocycles. The predicted octanol–water partition coefficient (Wildman–Crippen LogP) is 1.94. The van der Waals surface area contributed by atoms with Crippen LogP contribution >= 0.6 is 11.6 Å². The summed E-state index contributed by atoms with van der Waals surface area (Å²) in [7, 11) is -3.85. The Morgan fingerprint density at radius 1 is 1.33 bits per heavy atom. The molecular formula is C13H12ClN3O3S. The van der Waals surface area contributed by atoms with Crippen LogP contribution in [-0.4, -0.2) is 19.3 Å². The van der Waals surface area contributed by atoms with E-state index in [2.05, 4.69) is 10.3 Å². The van der Waals surface area contributed by atoms with Crippen LogP contribution in [0.15, 0.2) is 41.6 Å². The van der Waals surface area contributed by atoms with Crippen molar-refractivity contribution < 1.29 is 13.2 Å². The monoisotopic (exact) mass is 325 g/mol. The number of aromatic nitrogens is 1. The molecule has 1 heterocycles. The lowest BCUT2D eigenvalue weighted by atomic mass is 10.2. The van der Waals surface area contributed by atoms with Crippen molar-refractivity contribution in [1.29, 1.82) is 0 Å². The highest BCUT2D eigenvalue weighted by atomic mass is 35.5. The number of pyridine rings is 1. The summed E-state index contributed by atoms with van der Waals surface area (Å²) in [6.07, 6.45) is 2.79. The van der Waals surface area contributed by atoms with E-state index >= 15 is 0 Å². The number of hydrogen-bond acceptors (Lipinski definition) is 4. The molecule has 1 aromatic carbocycles. The first-order valence-electron chi connectivity index (χ1n) is 5.84. The number of benzene rings is 1. The summed E-state index contributed by atoms with van der Waals surface area (Å²) in [6.45, 7) is 1.56. The molecule has 0 atom stereocenters. The second-order valence-corrected chi connectivity index (χ2v) is 6.22. The van der Waals surface area contributed by atoms with Gasteiger partial charge in [0.1, 0.15) is 0 Å². The Morgan fingerprint density at radius 3 is 2.67 bits per heavy atom. The Morgan fingerprint density at radius 2 is 2.05 bits per heavy atom. The number of hydrogen-bond donors (Lipinski definition) is 2. The van der Waals surface area contributed by atoms with Crippen LogP contribution in [0, 0.1) is 6.92 Å². The zero-order chi connectivity index (χ0) is 15.6. The largest absolute Gasteiger partial charge is 0.322 e. The fraction of sp³-hybridized carbons (Fsp3) is 0.0769. The van der Waals surface area contributed by atoms with Gasteiger partial charge in [0.15, 0.2) is 0 Å². The number of sulfonamides is 1. The van der Waals surface area contributed by atoms with Gasteiger partial charge in [-0.1, -0.05) is 17.7 Å². The van der Waals surface area contributed by atoms with Gasteiger partial charge in [-0.25, -0.2) is 13.6 Å². The Labute approximate surface area is 127 Å². The highest BCUT2D eigenvalue weighted by Gasteiger charge is 2.16. The van der Waals surface area contributed by atoms with Gasteiger partial charge in [0.25, 0.3) is 5.91 Å². The maximum Gasteiger partial charge on any atom is 0.258 e. The van der Waals surface area contributed by atoms with E-state index in [0.29, 0.717) is 11.3 Å². The summed E-state index contributed by atoms with van der Waals surface area (Å²) in [5, 5.41) is 7.97. The lowest BCUT2D eigenvalue weighted by molar-refractivity contribution is 0.102. The summed E-state index contributed by atoms with van der Waals surface area (Å²) in [6, 6.07) is 5.93. The third kappa shape index (κ3) is 3.38. The number of anilines is 1. The minimum Gasteiger partial charge on any atom is -0.322 e. The zero-order valence-corrected chi connectivity index (χ0v) is 12.6. The topological polar surface area (TPSA) is 102 Å². The number of carbonyl (C=O) groups is 1. The van der Waals surface area contributed by atoms with Crippen molar-refractivity contribution in [1.82, 2.24) is 4.98 Å². The molecule has 8 heteroatoms. The van der Waals surface area contributed by atoms with Gasteiger partial charge in [-0.2, -0.15) is 0 Å². The van der Waals surface area contributed by atoms with Crippen molar-refractivity contribution in [3.8, 4) is 0 Å². The van der Waals surface area contributed by atoms with Crippen LogP contribution in [0.2, 0.25) is 5.02 Å². The van der Waals surface area contributed by atoms with Gasteiger partial charge in [0.05, 0.1) is 15.5 Å². The van der Waals surface area contributed by atoms with Crippen molar-refractivity contribution in [3.63, 3.8) is 0 Å². The second-order valence-electron chi connectivity index (χ2n) is 4.28. The maximum atomic E-state index is 12.1. The Bertz CT molecular complexity index is 806. The van der Waals surface area contributed by atoms with Crippen LogP contribution in [-0.2, 0) is 10.0 Å². The first-order valence-corrected chi connectivity index (χ1v) is 7.76. The summed E-state index contributed by atoms with van der Waals surface area (Å²) in [4.78, 5) is 15.9. The molecular weight excluding hydrogens is 314 g/mol. The SMILES string of the molecule is Cc1c(NC(=O)c2cnccc2Cl)cccc1S(N)(=O)=O. The van der Waals surface area contributed by atoms with Crippen LogP contribution in [0.5, 0.6) is 0 Å². The van der Waals surface area contributed by atoms with Crippen LogP contribution in [0.3, 0.4) is 0 Å². The normalized spacial score (nSPS) is 11.2. The van der Waals surface area contributed by atoms with Gasteiger partial charge in [0, 0.05) is 18.1 Å². The van der Waals surface area contributed by atoms with Gasteiger partial charge >= 0.3 is 0 Å². The number of halogens is 1. The van der Waals surface area contributed by atoms with Gasteiger partial charge in [-0.15, -0.1) is 0 Å². The number of primary sulfonamides is 1. The second kappa shape index (κ2) is 5.80. The van der Waals surface area contributed by atoms with E-state index in [1.165, 1.54) is 30.6 Å². The first-order chi connectivity index (χ1) is 9.80. The van der Waals surface area contributed by atoms with E-state index < -0.39 is 15.9 Å². The molecule has 0 aliphatic carbocycles. The number of nitrogens with one attached hydrogen (secondary N) is 1. The highest BCUT2D eigenvalue weighted by molar-refractivity contribution is 7.89. The minimum atomic E-state index is -3.85. The molecule has 2 aromatic rings. The van der Waals surface area contributed by atoms with Crippen molar-refractivity contribution >= 4 is 33.2 Å². The number of rotatable bonds is 3. The predicted molar refractivity (Wildman–Crippen MR) is 79.8 cm³/mol. The molecule has 6 nitrogen and oxygen atoms in total. The minimum absolute atomic E-state index is 0.0439. The Kier molecular flexibility index (Phi) is 4.26. The molecule has 2 rings (SSSR count). The summed E-state index contributed by atoms with van der Waals surface area (Å²) in [5.41, 5.74) is 0.888. The van der Waals surface area contributed by atoms with Gasteiger partial charge < -0.3 is 5.32 Å². The molecule has 1 aromatic heterocycles. The Balaban J connectivity index is 2.37. The summed E-state index contributed by atoms with van der Waals surface area (Å²) >= 11 is 5.91. The third-order valence-corrected chi connectivity index (χ3v) is 4.24. The number of amides is 1. The lowest BCUT2D eigenvalue weighted by Gasteiger charge is -2.11. The molecule has 1 amide bonds. The molecule has 0 aliphatic rings. The number of nitrogens with two attached hydrogens (primary N) is 1. The molecule has 0 saturated carbocycles. The molecule has 0 bridgehead atoms. The van der Waals surface area contributed by atoms with Gasteiger partial charge in [-0.3, -0.25) is 9.78 Å². The number of carbonyl (C=O) groups excluding carboxylic acids is 1. The van der Waals surface area contributed by atoms with Gasteiger partial charge in [-0.05, 0) is 30.7 Å². The summed E-state index contributed by atoms with van der Waals surface area (Å²) in [5.74, 6) is -0.484. The van der Waals surface area contributed by atoms with Crippen molar-refractivity contribution in [2.75, 3.05) is 5.32 Å². The third-order valence-electron chi connectivity index (χ3n) is 2.85. The van der Waals surface area contributed by atoms with Crippen molar-refractivity contribution in [3.05, 3.63) is 52.8 Å². The molecule has 0 fully saturated rings. The van der Waals surface area contributed by atoms with E-state index in [4.69, 9.17) is 16.7 Å². The first kappa shape index (κ1) is 15.4. The molecule has 21 heavy (non-hydrogen) atoms. The lowest BCUT2D eigenvalue weighted by Crippen LogP contribution is -2.17.